The minimum absolute atomic E-state index is 0.0242. The molecule has 14 heteroatoms. The number of nitrogens with zero attached hydrogens (tertiary/aromatic N) is 3. The van der Waals surface area contributed by atoms with Crippen molar-refractivity contribution in [1.29, 1.82) is 0 Å². The Balaban J connectivity index is 1.73. The third kappa shape index (κ3) is 3.67. The molecular formula is C12H16N5O8P. The zero-order chi connectivity index (χ0) is 19.1. The Kier molecular flexibility index (Phi) is 4.92. The van der Waals surface area contributed by atoms with E-state index in [0.717, 1.165) is 6.33 Å². The molecule has 2 aromatic heterocycles. The molecule has 0 unspecified atom stereocenters. The lowest BCUT2D eigenvalue weighted by atomic mass is 10.1. The van der Waals surface area contributed by atoms with Gasteiger partial charge in [-0.1, -0.05) is 0 Å². The van der Waals surface area contributed by atoms with Crippen molar-refractivity contribution in [2.45, 2.75) is 24.5 Å². The number of fused-ring (bicyclic) bond motifs is 1. The van der Waals surface area contributed by atoms with Crippen molar-refractivity contribution in [2.75, 3.05) is 12.7 Å². The monoisotopic (exact) mass is 389 g/mol. The van der Waals surface area contributed by atoms with Gasteiger partial charge in [-0.15, -0.1) is 0 Å². The third-order valence-electron chi connectivity index (χ3n) is 3.83. The molecule has 2 aromatic rings. The summed E-state index contributed by atoms with van der Waals surface area (Å²) >= 11 is 0. The summed E-state index contributed by atoms with van der Waals surface area (Å²) in [6.45, 7) is -0.284. The molecule has 1 aliphatic rings. The molecule has 0 aliphatic carbocycles. The van der Waals surface area contributed by atoms with Gasteiger partial charge in [0, 0.05) is 6.54 Å². The van der Waals surface area contributed by atoms with E-state index in [-0.39, 0.29) is 17.7 Å². The number of amides is 1. The predicted octanol–water partition coefficient (Wildman–Crippen LogP) is -2.97. The first-order valence-corrected chi connectivity index (χ1v) is 9.20. The number of H-pyrrole nitrogens is 1. The summed E-state index contributed by atoms with van der Waals surface area (Å²) in [5.41, 5.74) is -0.324. The van der Waals surface area contributed by atoms with Gasteiger partial charge >= 0.3 is 7.60 Å². The van der Waals surface area contributed by atoms with E-state index in [4.69, 9.17) is 14.5 Å². The summed E-state index contributed by atoms with van der Waals surface area (Å²) in [5.74, 6) is -0.923. The summed E-state index contributed by atoms with van der Waals surface area (Å²) in [6, 6.07) is 0. The molecule has 1 amide bonds. The number of hydrogen-bond donors (Lipinski definition) is 6. The Hall–Kier alpha value is -2.15. The molecule has 142 valence electrons. The van der Waals surface area contributed by atoms with Crippen molar-refractivity contribution >= 4 is 24.7 Å². The van der Waals surface area contributed by atoms with Gasteiger partial charge in [-0.3, -0.25) is 18.7 Å². The SMILES string of the molecule is O=C(CP(=O)(O)O)NC[C@H]1O[C@@H](n2cnc3c(=O)[nH]cnc32)[C@H](O)[C@@H]1O. The van der Waals surface area contributed by atoms with Crippen LogP contribution in [0.4, 0.5) is 0 Å². The second-order valence-corrected chi connectivity index (χ2v) is 7.37. The van der Waals surface area contributed by atoms with E-state index in [1.165, 1.54) is 10.9 Å². The number of carbonyl (C=O) groups excluding carboxylic acids is 1. The standard InChI is InChI=1S/C12H16N5O8P/c18-6(2-26(22,23)24)13-1-5-8(19)9(20)12(25-5)17-4-16-7-10(17)14-3-15-11(7)21/h3-5,8-9,12,19-20H,1-2H2,(H,13,18)(H,14,15,21)(H2,22,23,24)/t5-,8-,9-,12-/m1/s1. The van der Waals surface area contributed by atoms with Gasteiger partial charge in [0.15, 0.2) is 17.4 Å². The third-order valence-corrected chi connectivity index (χ3v) is 4.53. The molecule has 4 atom stereocenters. The Morgan fingerprint density at radius 3 is 2.77 bits per heavy atom. The maximum Gasteiger partial charge on any atom is 0.334 e. The molecule has 13 nitrogen and oxygen atoms in total. The number of hydrogen-bond acceptors (Lipinski definition) is 8. The number of carbonyl (C=O) groups is 1. The predicted molar refractivity (Wildman–Crippen MR) is 84.0 cm³/mol. The highest BCUT2D eigenvalue weighted by Gasteiger charge is 2.44. The summed E-state index contributed by atoms with van der Waals surface area (Å²) in [4.78, 5) is 50.8. The van der Waals surface area contributed by atoms with Gasteiger partial charge in [0.05, 0.1) is 12.7 Å². The maximum atomic E-state index is 11.7. The first kappa shape index (κ1) is 18.6. The zero-order valence-corrected chi connectivity index (χ0v) is 14.0. The van der Waals surface area contributed by atoms with Crippen LogP contribution in [0.5, 0.6) is 0 Å². The first-order valence-electron chi connectivity index (χ1n) is 7.40. The van der Waals surface area contributed by atoms with Crippen molar-refractivity contribution in [1.82, 2.24) is 24.8 Å². The summed E-state index contributed by atoms with van der Waals surface area (Å²) < 4.78 is 17.6. The lowest BCUT2D eigenvalue weighted by Gasteiger charge is -2.16. The van der Waals surface area contributed by atoms with Crippen molar-refractivity contribution in [3.8, 4) is 0 Å². The van der Waals surface area contributed by atoms with Crippen LogP contribution in [-0.2, 0) is 14.1 Å². The molecule has 0 saturated carbocycles. The lowest BCUT2D eigenvalue weighted by molar-refractivity contribution is -0.119. The van der Waals surface area contributed by atoms with Crippen molar-refractivity contribution in [3.05, 3.63) is 23.0 Å². The summed E-state index contributed by atoms with van der Waals surface area (Å²) in [7, 11) is -4.51. The van der Waals surface area contributed by atoms with Crippen molar-refractivity contribution in [2.24, 2.45) is 0 Å². The van der Waals surface area contributed by atoms with E-state index in [9.17, 15) is 24.4 Å². The van der Waals surface area contributed by atoms with E-state index in [0.29, 0.717) is 0 Å². The Labute approximate surface area is 144 Å². The lowest BCUT2D eigenvalue weighted by Crippen LogP contribution is -2.40. The van der Waals surface area contributed by atoms with E-state index in [1.807, 2.05) is 0 Å². The van der Waals surface area contributed by atoms with Gasteiger partial charge in [0.2, 0.25) is 5.91 Å². The van der Waals surface area contributed by atoms with E-state index >= 15 is 0 Å². The number of nitrogens with one attached hydrogen (secondary N) is 2. The number of aliphatic hydroxyl groups is 2. The molecule has 0 aromatic carbocycles. The van der Waals surface area contributed by atoms with Gasteiger partial charge < -0.3 is 35.0 Å². The quantitative estimate of drug-likeness (QED) is 0.287. The second kappa shape index (κ2) is 6.87. The van der Waals surface area contributed by atoms with Crippen LogP contribution in [0.1, 0.15) is 6.23 Å². The Bertz CT molecular complexity index is 922. The van der Waals surface area contributed by atoms with Crippen molar-refractivity contribution in [3.63, 3.8) is 0 Å². The van der Waals surface area contributed by atoms with Crippen LogP contribution in [0.3, 0.4) is 0 Å². The van der Waals surface area contributed by atoms with E-state index < -0.39 is 49.8 Å². The number of imidazole rings is 1. The fourth-order valence-corrected chi connectivity index (χ4v) is 3.12. The van der Waals surface area contributed by atoms with E-state index in [2.05, 4.69) is 20.3 Å². The van der Waals surface area contributed by atoms with Gasteiger partial charge in [0.25, 0.3) is 5.56 Å². The number of aromatic amines is 1. The number of rotatable bonds is 5. The van der Waals surface area contributed by atoms with E-state index in [1.54, 1.807) is 0 Å². The first-order chi connectivity index (χ1) is 12.2. The molecule has 26 heavy (non-hydrogen) atoms. The molecule has 3 heterocycles. The van der Waals surface area contributed by atoms with Crippen LogP contribution in [0, 0.1) is 0 Å². The topological polar surface area (TPSA) is 200 Å². The molecule has 1 aliphatic heterocycles. The van der Waals surface area contributed by atoms with Crippen molar-refractivity contribution < 1.29 is 34.1 Å². The highest BCUT2D eigenvalue weighted by Crippen LogP contribution is 2.34. The second-order valence-electron chi connectivity index (χ2n) is 5.73. The van der Waals surface area contributed by atoms with Gasteiger partial charge in [0.1, 0.15) is 24.5 Å². The average molecular weight is 389 g/mol. The minimum atomic E-state index is -4.51. The van der Waals surface area contributed by atoms with Crippen LogP contribution >= 0.6 is 7.60 Å². The van der Waals surface area contributed by atoms with Gasteiger partial charge in [-0.25, -0.2) is 9.97 Å². The van der Waals surface area contributed by atoms with Crippen LogP contribution in [0.25, 0.3) is 11.2 Å². The highest BCUT2D eigenvalue weighted by molar-refractivity contribution is 7.52. The van der Waals surface area contributed by atoms with Crippen LogP contribution < -0.4 is 10.9 Å². The number of aliphatic hydroxyl groups excluding tert-OH is 2. The van der Waals surface area contributed by atoms with Gasteiger partial charge in [-0.2, -0.15) is 0 Å². The molecular weight excluding hydrogens is 373 g/mol. The molecule has 1 fully saturated rings. The zero-order valence-electron chi connectivity index (χ0n) is 13.1. The molecule has 1 saturated heterocycles. The van der Waals surface area contributed by atoms with Crippen LogP contribution in [-0.4, -0.2) is 76.4 Å². The van der Waals surface area contributed by atoms with Gasteiger partial charge in [-0.05, 0) is 0 Å². The molecule has 3 rings (SSSR count). The largest absolute Gasteiger partial charge is 0.387 e. The van der Waals surface area contributed by atoms with Crippen LogP contribution in [0.15, 0.2) is 17.4 Å². The molecule has 0 spiro atoms. The summed E-state index contributed by atoms with van der Waals surface area (Å²) in [5, 5.41) is 22.5. The normalized spacial score (nSPS) is 26.3. The summed E-state index contributed by atoms with van der Waals surface area (Å²) in [6.07, 6.45) is -3.58. The number of ether oxygens (including phenoxy) is 1. The smallest absolute Gasteiger partial charge is 0.334 e. The molecule has 6 N–H and O–H groups in total. The number of aromatic nitrogens is 4. The molecule has 0 radical (unpaired) electrons. The minimum Gasteiger partial charge on any atom is -0.387 e. The fourth-order valence-electron chi connectivity index (χ4n) is 2.63. The Morgan fingerprint density at radius 1 is 1.35 bits per heavy atom. The highest BCUT2D eigenvalue weighted by atomic mass is 31.2. The fraction of sp³-hybridized carbons (Fsp3) is 0.500. The molecule has 0 bridgehead atoms. The average Bonchev–Trinajstić information content (AvgIpc) is 3.08. The maximum absolute atomic E-state index is 11.7. The Morgan fingerprint density at radius 2 is 2.08 bits per heavy atom. The van der Waals surface area contributed by atoms with Crippen LogP contribution in [0.2, 0.25) is 0 Å².